The minimum Gasteiger partial charge on any atom is -0.379 e. The van der Waals surface area contributed by atoms with Crippen molar-refractivity contribution in [2.75, 3.05) is 46.9 Å². The number of amides is 4. The summed E-state index contributed by atoms with van der Waals surface area (Å²) in [5, 5.41) is 11.6. The Morgan fingerprint density at radius 1 is 0.843 bits per heavy atom. The zero-order valence-corrected chi connectivity index (χ0v) is 41.6. The van der Waals surface area contributed by atoms with Crippen molar-refractivity contribution in [3.05, 3.63) is 94.4 Å². The smallest absolute Gasteiger partial charge is 0.264 e. The molecule has 20 heteroatoms. The molecule has 0 spiro atoms. The van der Waals surface area contributed by atoms with Crippen LogP contribution in [0.25, 0.3) is 0 Å². The number of sulfonamides is 1. The van der Waals surface area contributed by atoms with Crippen molar-refractivity contribution in [1.29, 1.82) is 0 Å². The highest BCUT2D eigenvalue weighted by Crippen LogP contribution is 2.37. The number of halogens is 3. The number of carbonyl (C=O) groups is 4. The lowest BCUT2D eigenvalue weighted by atomic mass is 9.88. The first-order valence-electron chi connectivity index (χ1n) is 23.5. The number of nitrogens with zero attached hydrogens (tertiary/aromatic N) is 4. The summed E-state index contributed by atoms with van der Waals surface area (Å²) in [6.45, 7) is 16.7. The second-order valence-corrected chi connectivity index (χ2v) is 22.6. The molecule has 7 rings (SSSR count). The van der Waals surface area contributed by atoms with E-state index in [0.717, 1.165) is 17.5 Å². The van der Waals surface area contributed by atoms with Crippen LogP contribution in [-0.4, -0.2) is 100.0 Å². The molecule has 0 radical (unpaired) electrons. The molecule has 2 saturated heterocycles. The largest absolute Gasteiger partial charge is 0.379 e. The number of piperidine rings is 2. The standard InChI is InChI=1S/C50H62F3N9O7S/c1-9-50(8,59-37-12-10-11-33-42(37)46(66)62(45(33)65)39-15-16-40(63)57-44(39)64)20-24-69-49(6,7)19-23-61-21-17-30(18-22-61)41-35(52)25-32(26-36(41)53)56-47-54-28-29(2)43(58-47)55-31-13-14-34(51)38(27-31)60-70(67,68)48(3,4)5/h10-14,25-28,30,39,59-60H,9,15-24H2,1-8H3,(H,57,63,64)(H2,54,55,56,58). The van der Waals surface area contributed by atoms with Gasteiger partial charge < -0.3 is 25.6 Å². The highest BCUT2D eigenvalue weighted by molar-refractivity contribution is 7.94. The number of hydrogen-bond donors (Lipinski definition) is 5. The summed E-state index contributed by atoms with van der Waals surface area (Å²) in [5.74, 6) is -4.35. The number of imide groups is 2. The van der Waals surface area contributed by atoms with E-state index in [4.69, 9.17) is 4.74 Å². The van der Waals surface area contributed by atoms with Crippen LogP contribution < -0.4 is 26.0 Å². The van der Waals surface area contributed by atoms with Crippen LogP contribution in [0.15, 0.2) is 54.7 Å². The third-order valence-corrected chi connectivity index (χ3v) is 15.5. The van der Waals surface area contributed by atoms with Gasteiger partial charge in [-0.25, -0.2) is 26.6 Å². The number of carbonyl (C=O) groups excluding carboxylic acids is 4. The molecule has 376 valence electrons. The summed E-state index contributed by atoms with van der Waals surface area (Å²) >= 11 is 0. The van der Waals surface area contributed by atoms with E-state index in [1.807, 2.05) is 27.7 Å². The van der Waals surface area contributed by atoms with Gasteiger partial charge >= 0.3 is 0 Å². The predicted octanol–water partition coefficient (Wildman–Crippen LogP) is 8.67. The van der Waals surface area contributed by atoms with E-state index < -0.39 is 73.0 Å². The van der Waals surface area contributed by atoms with Crippen LogP contribution in [0.5, 0.6) is 0 Å². The van der Waals surface area contributed by atoms with Crippen LogP contribution in [-0.2, 0) is 24.3 Å². The monoisotopic (exact) mass is 989 g/mol. The Kier molecular flexibility index (Phi) is 15.0. The van der Waals surface area contributed by atoms with Gasteiger partial charge in [0.15, 0.2) is 0 Å². The molecule has 3 aromatic carbocycles. The number of rotatable bonds is 18. The molecule has 0 bridgehead atoms. The third-order valence-electron chi connectivity index (χ3n) is 13.4. The number of aryl methyl sites for hydroxylation is 1. The predicted molar refractivity (Wildman–Crippen MR) is 262 cm³/mol. The van der Waals surface area contributed by atoms with Crippen molar-refractivity contribution in [2.24, 2.45) is 0 Å². The van der Waals surface area contributed by atoms with Crippen molar-refractivity contribution in [3.8, 4) is 0 Å². The molecule has 3 aliphatic heterocycles. The molecule has 2 unspecified atom stereocenters. The number of benzene rings is 3. The summed E-state index contributed by atoms with van der Waals surface area (Å²) in [4.78, 5) is 63.4. The number of likely N-dealkylation sites (tertiary alicyclic amines) is 1. The third kappa shape index (κ3) is 11.6. The van der Waals surface area contributed by atoms with Gasteiger partial charge in [0.25, 0.3) is 11.8 Å². The van der Waals surface area contributed by atoms with Crippen LogP contribution >= 0.6 is 0 Å². The molecule has 4 amide bonds. The molecule has 5 N–H and O–H groups in total. The summed E-state index contributed by atoms with van der Waals surface area (Å²) in [5.41, 5.74) is 0.709. The van der Waals surface area contributed by atoms with Gasteiger partial charge in [-0.2, -0.15) is 4.98 Å². The minimum atomic E-state index is -3.91. The van der Waals surface area contributed by atoms with Gasteiger partial charge in [-0.05, 0) is 148 Å². The Balaban J connectivity index is 0.892. The first kappa shape index (κ1) is 51.7. The van der Waals surface area contributed by atoms with Gasteiger partial charge in [0, 0.05) is 59.5 Å². The average molecular weight is 990 g/mol. The summed E-state index contributed by atoms with van der Waals surface area (Å²) in [6, 6.07) is 10.2. The molecule has 70 heavy (non-hydrogen) atoms. The number of nitrogens with one attached hydrogen (secondary N) is 5. The number of hydrogen-bond acceptors (Lipinski definition) is 13. The van der Waals surface area contributed by atoms with E-state index >= 15 is 8.78 Å². The first-order valence-corrected chi connectivity index (χ1v) is 25.0. The maximum Gasteiger partial charge on any atom is 0.264 e. The molecular weight excluding hydrogens is 928 g/mol. The fourth-order valence-electron chi connectivity index (χ4n) is 8.69. The lowest BCUT2D eigenvalue weighted by Crippen LogP contribution is -2.54. The van der Waals surface area contributed by atoms with E-state index in [2.05, 4.69) is 40.9 Å². The van der Waals surface area contributed by atoms with Crippen molar-refractivity contribution in [2.45, 2.75) is 128 Å². The normalized spacial score (nSPS) is 18.1. The van der Waals surface area contributed by atoms with Crippen molar-refractivity contribution < 1.29 is 45.5 Å². The van der Waals surface area contributed by atoms with Gasteiger partial charge in [-0.15, -0.1) is 0 Å². The topological polar surface area (TPSA) is 204 Å². The van der Waals surface area contributed by atoms with Gasteiger partial charge in [-0.1, -0.05) is 13.0 Å². The summed E-state index contributed by atoms with van der Waals surface area (Å²) < 4.78 is 79.0. The highest BCUT2D eigenvalue weighted by atomic mass is 32.2. The Morgan fingerprint density at radius 3 is 2.20 bits per heavy atom. The van der Waals surface area contributed by atoms with Gasteiger partial charge in [-0.3, -0.25) is 34.1 Å². The quantitative estimate of drug-likeness (QED) is 0.0593. The van der Waals surface area contributed by atoms with E-state index in [9.17, 15) is 32.0 Å². The lowest BCUT2D eigenvalue weighted by molar-refractivity contribution is -0.136. The molecule has 4 heterocycles. The maximum atomic E-state index is 15.7. The highest BCUT2D eigenvalue weighted by Gasteiger charge is 2.46. The summed E-state index contributed by atoms with van der Waals surface area (Å²) in [6.07, 6.45) is 4.69. The molecule has 1 aromatic heterocycles. The number of aromatic nitrogens is 2. The van der Waals surface area contributed by atoms with Crippen molar-refractivity contribution in [3.63, 3.8) is 0 Å². The fraction of sp³-hybridized carbons (Fsp3) is 0.480. The van der Waals surface area contributed by atoms with E-state index in [1.54, 1.807) is 25.1 Å². The molecule has 0 saturated carbocycles. The molecule has 2 fully saturated rings. The van der Waals surface area contributed by atoms with E-state index in [1.165, 1.54) is 51.2 Å². The second kappa shape index (κ2) is 20.3. The molecule has 2 atom stereocenters. The maximum absolute atomic E-state index is 15.7. The number of fused-ring (bicyclic) bond motifs is 1. The minimum absolute atomic E-state index is 0.0332. The van der Waals surface area contributed by atoms with Gasteiger partial charge in [0.1, 0.15) is 29.3 Å². The van der Waals surface area contributed by atoms with Gasteiger partial charge in [0.05, 0.1) is 27.2 Å². The molecule has 4 aromatic rings. The molecule has 3 aliphatic rings. The van der Waals surface area contributed by atoms with Crippen LogP contribution in [0.3, 0.4) is 0 Å². The second-order valence-electron chi connectivity index (χ2n) is 20.2. The zero-order chi connectivity index (χ0) is 50.9. The van der Waals surface area contributed by atoms with Crippen molar-refractivity contribution in [1.82, 2.24) is 25.1 Å². The Hall–Kier alpha value is -6.12. The summed E-state index contributed by atoms with van der Waals surface area (Å²) in [7, 11) is -3.91. The van der Waals surface area contributed by atoms with Crippen LogP contribution in [0.1, 0.15) is 131 Å². The average Bonchev–Trinajstić information content (AvgIpc) is 3.53. The van der Waals surface area contributed by atoms with Crippen LogP contribution in [0.4, 0.5) is 47.7 Å². The number of anilines is 6. The van der Waals surface area contributed by atoms with Crippen LogP contribution in [0, 0.1) is 24.4 Å². The first-order chi connectivity index (χ1) is 32.9. The Labute approximate surface area is 407 Å². The fourth-order valence-corrected chi connectivity index (χ4v) is 9.44. The van der Waals surface area contributed by atoms with E-state index in [0.29, 0.717) is 74.6 Å². The molecule has 0 aliphatic carbocycles. The van der Waals surface area contributed by atoms with Gasteiger partial charge in [0.2, 0.25) is 27.8 Å². The molecule has 16 nitrogen and oxygen atoms in total. The van der Waals surface area contributed by atoms with Crippen LogP contribution in [0.2, 0.25) is 0 Å². The Bertz CT molecular complexity index is 2770. The van der Waals surface area contributed by atoms with Crippen molar-refractivity contribution >= 4 is 68.2 Å². The van der Waals surface area contributed by atoms with E-state index in [-0.39, 0.29) is 52.8 Å². The molecular formula is C50H62F3N9O7S. The lowest BCUT2D eigenvalue weighted by Gasteiger charge is -2.36. The Morgan fingerprint density at radius 2 is 1.54 bits per heavy atom. The number of ether oxygens (including phenoxy) is 1. The zero-order valence-electron chi connectivity index (χ0n) is 40.8. The SMILES string of the molecule is CCC(C)(CCOC(C)(C)CCN1CCC(c2c(F)cc(Nc3ncc(C)c(Nc4ccc(F)c(NS(=O)(=O)C(C)(C)C)c4)n3)cc2F)CC1)Nc1cccc2c1C(=O)N(C1CCC(=O)NC1=O)C2=O.